The Morgan fingerprint density at radius 1 is 0.917 bits per heavy atom. The highest BCUT2D eigenvalue weighted by Crippen LogP contribution is 2.39. The van der Waals surface area contributed by atoms with Crippen molar-refractivity contribution >= 4 is 23.4 Å². The van der Waals surface area contributed by atoms with Crippen LogP contribution in [0.5, 0.6) is 5.75 Å². The molecule has 11 heteroatoms. The van der Waals surface area contributed by atoms with E-state index in [1.807, 2.05) is 41.2 Å². The van der Waals surface area contributed by atoms with Crippen molar-refractivity contribution in [2.24, 2.45) is 0 Å². The van der Waals surface area contributed by atoms with Gasteiger partial charge in [0.15, 0.2) is 5.65 Å². The second-order valence-corrected chi connectivity index (χ2v) is 14.9. The number of fused-ring (bicyclic) bond motifs is 2. The molecule has 0 bridgehead atoms. The Morgan fingerprint density at radius 3 is 2.50 bits per heavy atom. The Kier molecular flexibility index (Phi) is 9.31. The lowest BCUT2D eigenvalue weighted by atomic mass is 9.85. The number of hydrogen-bond donors (Lipinski definition) is 2. The molecule has 2 saturated heterocycles. The first kappa shape index (κ1) is 32.4. The molecule has 0 saturated carbocycles. The highest BCUT2D eigenvalue weighted by Gasteiger charge is 2.30. The van der Waals surface area contributed by atoms with E-state index in [4.69, 9.17) is 9.84 Å². The lowest BCUT2D eigenvalue weighted by Crippen LogP contribution is -2.38. The molecule has 2 amide bonds. The minimum absolute atomic E-state index is 0.118. The molecule has 1 aromatic carbocycles. The third-order valence-corrected chi connectivity index (χ3v) is 10.3. The maximum Gasteiger partial charge on any atom is 0.320 e. The third-order valence-electron chi connectivity index (χ3n) is 10.3. The fourth-order valence-electron chi connectivity index (χ4n) is 7.49. The highest BCUT2D eigenvalue weighted by atomic mass is 16.5. The average Bonchev–Trinajstić information content (AvgIpc) is 3.69. The minimum atomic E-state index is -0.216. The molecule has 1 aliphatic carbocycles. The van der Waals surface area contributed by atoms with Gasteiger partial charge in [0.25, 0.3) is 0 Å². The standard InChI is InChI=1S/C37H51N9O2/c1-26-12-8-11-21-44(26)36-41-40-33-18-15-27(25-45(33)36)48-31-17-16-30(28-13-6-7-14-29(28)31)38-35(47)39-34-24-32(37(2,3)4)42-46(34)23-22-43-19-9-5-10-20-43/h6-7,13-15,18,24-26,30-31H,5,8-12,16-17,19-23H2,1-4H3,(H2,38,39,47)/t26-,30-,31+/m0/s1. The molecule has 4 aromatic rings. The van der Waals surface area contributed by atoms with Gasteiger partial charge in [0.05, 0.1) is 24.5 Å². The predicted molar refractivity (Wildman–Crippen MR) is 189 cm³/mol. The fourth-order valence-corrected chi connectivity index (χ4v) is 7.49. The van der Waals surface area contributed by atoms with Gasteiger partial charge in [-0.15, -0.1) is 10.2 Å². The molecule has 256 valence electrons. The number of piperidine rings is 2. The molecule has 2 fully saturated rings. The van der Waals surface area contributed by atoms with E-state index in [1.54, 1.807) is 0 Å². The van der Waals surface area contributed by atoms with Crippen LogP contribution in [0.3, 0.4) is 0 Å². The smallest absolute Gasteiger partial charge is 0.320 e. The predicted octanol–water partition coefficient (Wildman–Crippen LogP) is 6.86. The number of rotatable bonds is 8. The van der Waals surface area contributed by atoms with Gasteiger partial charge >= 0.3 is 6.03 Å². The molecule has 3 aromatic heterocycles. The number of anilines is 2. The summed E-state index contributed by atoms with van der Waals surface area (Å²) in [6.07, 6.45) is 10.8. The van der Waals surface area contributed by atoms with E-state index in [2.05, 4.69) is 74.9 Å². The summed E-state index contributed by atoms with van der Waals surface area (Å²) >= 11 is 0. The molecular weight excluding hydrogens is 602 g/mol. The van der Waals surface area contributed by atoms with E-state index >= 15 is 0 Å². The summed E-state index contributed by atoms with van der Waals surface area (Å²) in [6, 6.07) is 14.4. The number of carbonyl (C=O) groups excluding carboxylic acids is 1. The van der Waals surface area contributed by atoms with Gasteiger partial charge in [-0.1, -0.05) is 51.5 Å². The molecule has 7 rings (SSSR count). The van der Waals surface area contributed by atoms with Crippen LogP contribution in [0.2, 0.25) is 0 Å². The van der Waals surface area contributed by atoms with Crippen LogP contribution in [0, 0.1) is 0 Å². The van der Waals surface area contributed by atoms with Crippen molar-refractivity contribution in [2.45, 2.75) is 109 Å². The first-order chi connectivity index (χ1) is 23.2. The van der Waals surface area contributed by atoms with E-state index in [0.717, 1.165) is 92.0 Å². The van der Waals surface area contributed by atoms with Crippen molar-refractivity contribution in [3.8, 4) is 5.75 Å². The number of urea groups is 1. The zero-order valence-electron chi connectivity index (χ0n) is 29.0. The van der Waals surface area contributed by atoms with Gasteiger partial charge in [-0.05, 0) is 88.2 Å². The quantitative estimate of drug-likeness (QED) is 0.214. The molecule has 3 atom stereocenters. The number of amides is 2. The highest BCUT2D eigenvalue weighted by molar-refractivity contribution is 5.88. The molecule has 48 heavy (non-hydrogen) atoms. The van der Waals surface area contributed by atoms with Crippen LogP contribution in [-0.4, -0.2) is 67.5 Å². The number of pyridine rings is 1. The fraction of sp³-hybridized carbons (Fsp3) is 0.568. The van der Waals surface area contributed by atoms with Crippen LogP contribution in [0.25, 0.3) is 5.65 Å². The van der Waals surface area contributed by atoms with Gasteiger partial charge < -0.3 is 19.9 Å². The Labute approximate surface area is 284 Å². The molecule has 2 aliphatic heterocycles. The molecule has 0 spiro atoms. The number of nitrogens with zero attached hydrogens (tertiary/aromatic N) is 7. The number of aromatic nitrogens is 5. The van der Waals surface area contributed by atoms with E-state index in [1.165, 1.54) is 32.1 Å². The third kappa shape index (κ3) is 7.02. The molecule has 5 heterocycles. The summed E-state index contributed by atoms with van der Waals surface area (Å²) in [5.41, 5.74) is 3.86. The lowest BCUT2D eigenvalue weighted by molar-refractivity contribution is 0.171. The SMILES string of the molecule is C[C@H]1CCCCN1c1nnc2ccc(O[C@@H]3CC[C@H](NC(=O)Nc4cc(C(C)(C)C)nn4CCN4CCCCC4)c4ccccc43)cn12. The monoisotopic (exact) mass is 653 g/mol. The zero-order valence-corrected chi connectivity index (χ0v) is 29.0. The number of ether oxygens (including phenoxy) is 1. The Morgan fingerprint density at radius 2 is 1.71 bits per heavy atom. The summed E-state index contributed by atoms with van der Waals surface area (Å²) in [5.74, 6) is 2.40. The van der Waals surface area contributed by atoms with Crippen molar-refractivity contribution < 1.29 is 9.53 Å². The average molecular weight is 654 g/mol. The number of nitrogens with one attached hydrogen (secondary N) is 2. The normalized spacial score (nSPS) is 22.0. The molecule has 3 aliphatic rings. The van der Waals surface area contributed by atoms with Crippen LogP contribution >= 0.6 is 0 Å². The number of hydrogen-bond acceptors (Lipinski definition) is 7. The van der Waals surface area contributed by atoms with Crippen LogP contribution in [0.1, 0.15) is 108 Å². The Hall–Kier alpha value is -4.12. The summed E-state index contributed by atoms with van der Waals surface area (Å²) in [7, 11) is 0. The minimum Gasteiger partial charge on any atom is -0.484 e. The Balaban J connectivity index is 1.04. The van der Waals surface area contributed by atoms with Gasteiger partial charge in [0.2, 0.25) is 5.95 Å². The summed E-state index contributed by atoms with van der Waals surface area (Å²) in [6.45, 7) is 13.7. The van der Waals surface area contributed by atoms with Crippen molar-refractivity contribution in [3.05, 3.63) is 65.5 Å². The summed E-state index contributed by atoms with van der Waals surface area (Å²) < 4.78 is 10.7. The number of likely N-dealkylation sites (tertiary alicyclic amines) is 1. The molecule has 0 radical (unpaired) electrons. The lowest BCUT2D eigenvalue weighted by Gasteiger charge is -2.33. The van der Waals surface area contributed by atoms with Gasteiger partial charge in [-0.25, -0.2) is 9.48 Å². The maximum atomic E-state index is 13.5. The van der Waals surface area contributed by atoms with Crippen molar-refractivity contribution in [3.63, 3.8) is 0 Å². The van der Waals surface area contributed by atoms with Gasteiger partial charge in [-0.3, -0.25) is 9.72 Å². The first-order valence-corrected chi connectivity index (χ1v) is 18.0. The number of benzene rings is 1. The van der Waals surface area contributed by atoms with E-state index in [0.29, 0.717) is 6.04 Å². The second kappa shape index (κ2) is 13.8. The topological polar surface area (TPSA) is 105 Å². The van der Waals surface area contributed by atoms with Crippen molar-refractivity contribution in [1.82, 2.24) is 34.6 Å². The van der Waals surface area contributed by atoms with E-state index < -0.39 is 0 Å². The molecule has 0 unspecified atom stereocenters. The van der Waals surface area contributed by atoms with Gasteiger partial charge in [-0.2, -0.15) is 5.10 Å². The largest absolute Gasteiger partial charge is 0.484 e. The van der Waals surface area contributed by atoms with Gasteiger partial charge in [0, 0.05) is 30.6 Å². The second-order valence-electron chi connectivity index (χ2n) is 14.9. The number of carbonyl (C=O) groups is 1. The van der Waals surface area contributed by atoms with E-state index in [9.17, 15) is 4.79 Å². The van der Waals surface area contributed by atoms with Crippen molar-refractivity contribution in [1.29, 1.82) is 0 Å². The molecular formula is C37H51N9O2. The van der Waals surface area contributed by atoms with Crippen molar-refractivity contribution in [2.75, 3.05) is 36.4 Å². The zero-order chi connectivity index (χ0) is 33.3. The molecule has 2 N–H and O–H groups in total. The van der Waals surface area contributed by atoms with Crippen LogP contribution in [-0.2, 0) is 12.0 Å². The van der Waals surface area contributed by atoms with Crippen LogP contribution < -0.4 is 20.3 Å². The molecule has 11 nitrogen and oxygen atoms in total. The summed E-state index contributed by atoms with van der Waals surface area (Å²) in [5, 5.41) is 20.3. The Bertz CT molecular complexity index is 1720. The van der Waals surface area contributed by atoms with Gasteiger partial charge in [0.1, 0.15) is 17.7 Å². The summed E-state index contributed by atoms with van der Waals surface area (Å²) in [4.78, 5) is 18.4. The van der Waals surface area contributed by atoms with Crippen LogP contribution in [0.4, 0.5) is 16.6 Å². The first-order valence-electron chi connectivity index (χ1n) is 18.0. The van der Waals surface area contributed by atoms with E-state index in [-0.39, 0.29) is 23.6 Å². The van der Waals surface area contributed by atoms with Crippen LogP contribution in [0.15, 0.2) is 48.7 Å². The maximum absolute atomic E-state index is 13.5.